The second-order valence-corrected chi connectivity index (χ2v) is 5.47. The molecular weight excluding hydrogens is 332 g/mol. The number of nitro groups is 1. The number of likely N-dealkylation sites (N-methyl/N-ethyl adjacent to an activating group) is 1. The molecule has 1 aliphatic rings. The number of aryl methyl sites for hydroxylation is 1. The van der Waals surface area contributed by atoms with Crippen molar-refractivity contribution >= 4 is 29.4 Å². The molecule has 10 nitrogen and oxygen atoms in total. The van der Waals surface area contributed by atoms with Crippen molar-refractivity contribution < 1.29 is 24.1 Å². The largest absolute Gasteiger partial charge is 0.352 e. The first kappa shape index (κ1) is 18.0. The Hall–Kier alpha value is -3.30. The summed E-state index contributed by atoms with van der Waals surface area (Å²) < 4.78 is 0. The van der Waals surface area contributed by atoms with Crippen molar-refractivity contribution in [1.29, 1.82) is 0 Å². The van der Waals surface area contributed by atoms with Gasteiger partial charge in [-0.1, -0.05) is 6.07 Å². The first-order valence-electron chi connectivity index (χ1n) is 7.40. The van der Waals surface area contributed by atoms with Gasteiger partial charge in [0.15, 0.2) is 0 Å². The fourth-order valence-electron chi connectivity index (χ4n) is 2.30. The molecule has 5 amide bonds. The third-order valence-corrected chi connectivity index (χ3v) is 3.76. The monoisotopic (exact) mass is 348 g/mol. The summed E-state index contributed by atoms with van der Waals surface area (Å²) >= 11 is 0. The summed E-state index contributed by atoms with van der Waals surface area (Å²) in [6.45, 7) is 1.69. The molecule has 1 fully saturated rings. The van der Waals surface area contributed by atoms with Crippen LogP contribution in [-0.2, 0) is 9.59 Å². The summed E-state index contributed by atoms with van der Waals surface area (Å²) in [5, 5.41) is 13.4. The first-order chi connectivity index (χ1) is 11.7. The van der Waals surface area contributed by atoms with Gasteiger partial charge in [0.2, 0.25) is 0 Å². The summed E-state index contributed by atoms with van der Waals surface area (Å²) in [7, 11) is 1.22. The van der Waals surface area contributed by atoms with Gasteiger partial charge in [-0.3, -0.25) is 34.3 Å². The highest BCUT2D eigenvalue weighted by molar-refractivity contribution is 6.44. The summed E-state index contributed by atoms with van der Waals surface area (Å²) in [6.07, 6.45) is 0.248. The summed E-state index contributed by atoms with van der Waals surface area (Å²) in [5.41, 5.74) is 0.435. The van der Waals surface area contributed by atoms with Gasteiger partial charge in [0.1, 0.15) is 0 Å². The van der Waals surface area contributed by atoms with Gasteiger partial charge < -0.3 is 5.32 Å². The molecule has 0 unspecified atom stereocenters. The van der Waals surface area contributed by atoms with Gasteiger partial charge in [-0.25, -0.2) is 4.79 Å². The molecule has 0 aromatic heterocycles. The van der Waals surface area contributed by atoms with Crippen molar-refractivity contribution in [3.63, 3.8) is 0 Å². The minimum absolute atomic E-state index is 0.0118. The Morgan fingerprint density at radius 2 is 1.92 bits per heavy atom. The molecule has 0 radical (unpaired) electrons. The number of rotatable bonds is 6. The average Bonchev–Trinajstić information content (AvgIpc) is 2.75. The lowest BCUT2D eigenvalue weighted by atomic mass is 10.1. The van der Waals surface area contributed by atoms with Crippen molar-refractivity contribution in [2.24, 2.45) is 0 Å². The first-order valence-corrected chi connectivity index (χ1v) is 7.40. The van der Waals surface area contributed by atoms with Crippen LogP contribution in [-0.4, -0.2) is 58.6 Å². The molecule has 1 aromatic carbocycles. The number of urea groups is 1. The second-order valence-electron chi connectivity index (χ2n) is 5.47. The van der Waals surface area contributed by atoms with Crippen molar-refractivity contribution in [2.45, 2.75) is 13.3 Å². The molecule has 1 aliphatic heterocycles. The molecule has 0 spiro atoms. The molecule has 0 bridgehead atoms. The van der Waals surface area contributed by atoms with E-state index in [0.29, 0.717) is 5.56 Å². The molecule has 0 aliphatic carbocycles. The Bertz CT molecular complexity index is 775. The molecule has 10 heteroatoms. The molecule has 1 aromatic rings. The summed E-state index contributed by atoms with van der Waals surface area (Å²) in [4.78, 5) is 58.5. The van der Waals surface area contributed by atoms with Gasteiger partial charge in [-0.05, 0) is 19.4 Å². The van der Waals surface area contributed by atoms with Crippen LogP contribution in [0, 0.1) is 17.0 Å². The van der Waals surface area contributed by atoms with E-state index >= 15 is 0 Å². The Balaban J connectivity index is 1.88. The van der Waals surface area contributed by atoms with Crippen LogP contribution in [0.2, 0.25) is 0 Å². The normalized spacial score (nSPS) is 14.2. The maximum absolute atomic E-state index is 12.0. The maximum Gasteiger partial charge on any atom is 0.333 e. The molecule has 0 saturated carbocycles. The minimum atomic E-state index is -0.895. The smallest absolute Gasteiger partial charge is 0.333 e. The Labute approximate surface area is 142 Å². The molecule has 1 saturated heterocycles. The van der Waals surface area contributed by atoms with Crippen LogP contribution in [0.4, 0.5) is 10.5 Å². The van der Waals surface area contributed by atoms with E-state index in [4.69, 9.17) is 0 Å². The minimum Gasteiger partial charge on any atom is -0.352 e. The molecular formula is C15H16N4O6. The van der Waals surface area contributed by atoms with Gasteiger partial charge in [-0.2, -0.15) is 0 Å². The van der Waals surface area contributed by atoms with Gasteiger partial charge >= 0.3 is 17.8 Å². The molecule has 0 atom stereocenters. The quantitative estimate of drug-likeness (QED) is 0.261. The highest BCUT2D eigenvalue weighted by Gasteiger charge is 2.41. The van der Waals surface area contributed by atoms with E-state index in [1.807, 2.05) is 0 Å². The highest BCUT2D eigenvalue weighted by Crippen LogP contribution is 2.19. The van der Waals surface area contributed by atoms with Crippen LogP contribution in [0.15, 0.2) is 18.2 Å². The number of amides is 5. The number of hydrogen-bond acceptors (Lipinski definition) is 6. The lowest BCUT2D eigenvalue weighted by molar-refractivity contribution is -0.385. The van der Waals surface area contributed by atoms with Crippen LogP contribution in [0.25, 0.3) is 0 Å². The number of imide groups is 2. The van der Waals surface area contributed by atoms with Gasteiger partial charge in [-0.15, -0.1) is 0 Å². The maximum atomic E-state index is 12.0. The van der Waals surface area contributed by atoms with E-state index in [2.05, 4.69) is 5.32 Å². The molecule has 132 valence electrons. The molecule has 1 N–H and O–H groups in total. The van der Waals surface area contributed by atoms with E-state index in [1.54, 1.807) is 6.92 Å². The highest BCUT2D eigenvalue weighted by atomic mass is 16.6. The summed E-state index contributed by atoms with van der Waals surface area (Å²) in [6, 6.07) is 3.44. The zero-order chi connectivity index (χ0) is 18.7. The number of nitrogens with zero attached hydrogens (tertiary/aromatic N) is 3. The van der Waals surface area contributed by atoms with Crippen molar-refractivity contribution in [3.05, 3.63) is 39.4 Å². The van der Waals surface area contributed by atoms with Crippen LogP contribution < -0.4 is 5.32 Å². The number of hydrogen-bond donors (Lipinski definition) is 1. The van der Waals surface area contributed by atoms with Crippen molar-refractivity contribution in [1.82, 2.24) is 15.1 Å². The molecule has 1 heterocycles. The number of carbonyl (C=O) groups excluding carboxylic acids is 4. The van der Waals surface area contributed by atoms with Crippen LogP contribution in [0.5, 0.6) is 0 Å². The third-order valence-electron chi connectivity index (χ3n) is 3.76. The van der Waals surface area contributed by atoms with Gasteiger partial charge in [0.05, 0.1) is 4.92 Å². The number of nitro benzene ring substituents is 1. The Kier molecular flexibility index (Phi) is 5.11. The summed E-state index contributed by atoms with van der Waals surface area (Å²) in [5.74, 6) is -2.29. The number of carbonyl (C=O) groups is 4. The lowest BCUT2D eigenvalue weighted by Gasteiger charge is -2.13. The zero-order valence-electron chi connectivity index (χ0n) is 13.6. The zero-order valence-corrected chi connectivity index (χ0v) is 13.6. The number of nitrogens with one attached hydrogen (secondary N) is 1. The molecule has 2 rings (SSSR count). The third kappa shape index (κ3) is 3.62. The van der Waals surface area contributed by atoms with Crippen LogP contribution in [0.3, 0.4) is 0 Å². The predicted octanol–water partition coefficient (Wildman–Crippen LogP) is 0.444. The van der Waals surface area contributed by atoms with Crippen molar-refractivity contribution in [2.75, 3.05) is 20.1 Å². The SMILES string of the molecule is Cc1ccc(C(=O)NCCCN2C(=O)C(=O)N(C)C2=O)cc1[N+](=O)[O-]. The number of benzene rings is 1. The van der Waals surface area contributed by atoms with Gasteiger partial charge in [0, 0.05) is 37.3 Å². The Morgan fingerprint density at radius 1 is 1.24 bits per heavy atom. The topological polar surface area (TPSA) is 130 Å². The lowest BCUT2D eigenvalue weighted by Crippen LogP contribution is -2.34. The predicted molar refractivity (Wildman–Crippen MR) is 84.7 cm³/mol. The van der Waals surface area contributed by atoms with E-state index < -0.39 is 28.7 Å². The van der Waals surface area contributed by atoms with Crippen molar-refractivity contribution in [3.8, 4) is 0 Å². The van der Waals surface area contributed by atoms with E-state index in [1.165, 1.54) is 25.2 Å². The Morgan fingerprint density at radius 3 is 2.48 bits per heavy atom. The molecule has 25 heavy (non-hydrogen) atoms. The van der Waals surface area contributed by atoms with E-state index in [-0.39, 0.29) is 30.8 Å². The van der Waals surface area contributed by atoms with Crippen LogP contribution in [0.1, 0.15) is 22.3 Å². The van der Waals surface area contributed by atoms with E-state index in [0.717, 1.165) is 9.80 Å². The van der Waals surface area contributed by atoms with E-state index in [9.17, 15) is 29.3 Å². The fraction of sp³-hybridized carbons (Fsp3) is 0.333. The van der Waals surface area contributed by atoms with Gasteiger partial charge in [0.25, 0.3) is 11.6 Å². The van der Waals surface area contributed by atoms with Crippen LogP contribution >= 0.6 is 0 Å². The average molecular weight is 348 g/mol. The fourth-order valence-corrected chi connectivity index (χ4v) is 2.30. The standard InChI is InChI=1S/C15H16N4O6/c1-9-4-5-10(8-11(9)19(24)25)12(20)16-6-3-7-18-14(22)13(21)17(2)15(18)23/h4-5,8H,3,6-7H2,1-2H3,(H,16,20). The second kappa shape index (κ2) is 7.07.